The molecule has 1 aromatic heterocycles. The molecule has 4 nitrogen and oxygen atoms in total. The number of hydrogen-bond acceptors (Lipinski definition) is 4. The van der Waals surface area contributed by atoms with Gasteiger partial charge in [0.25, 0.3) is 0 Å². The molecule has 0 radical (unpaired) electrons. The molecule has 0 aliphatic heterocycles. The standard InChI is InChI=1S/C11H20N4S/c1-15-11(13-9-14-15)16-8-7-12-10-5-3-2-4-6-10/h9-10,12H,2-8H2,1H3. The SMILES string of the molecule is Cn1ncnc1SCCNC1CCCCC1. The summed E-state index contributed by atoms with van der Waals surface area (Å²) in [4.78, 5) is 4.19. The van der Waals surface area contributed by atoms with Crippen LogP contribution in [0.2, 0.25) is 0 Å². The van der Waals surface area contributed by atoms with E-state index in [1.54, 1.807) is 18.1 Å². The second-order valence-electron chi connectivity index (χ2n) is 4.30. The topological polar surface area (TPSA) is 42.7 Å². The minimum Gasteiger partial charge on any atom is -0.313 e. The van der Waals surface area contributed by atoms with Gasteiger partial charge in [0.1, 0.15) is 6.33 Å². The van der Waals surface area contributed by atoms with Gasteiger partial charge in [0.05, 0.1) is 0 Å². The van der Waals surface area contributed by atoms with Gasteiger partial charge in [-0.05, 0) is 12.8 Å². The van der Waals surface area contributed by atoms with Gasteiger partial charge in [-0.3, -0.25) is 0 Å². The van der Waals surface area contributed by atoms with Crippen LogP contribution in [0.25, 0.3) is 0 Å². The summed E-state index contributed by atoms with van der Waals surface area (Å²) in [6.07, 6.45) is 8.54. The first kappa shape index (κ1) is 11.9. The zero-order valence-corrected chi connectivity index (χ0v) is 10.7. The van der Waals surface area contributed by atoms with Crippen LogP contribution >= 0.6 is 11.8 Å². The Morgan fingerprint density at radius 2 is 2.25 bits per heavy atom. The van der Waals surface area contributed by atoms with Crippen molar-refractivity contribution in [3.05, 3.63) is 6.33 Å². The molecule has 90 valence electrons. The van der Waals surface area contributed by atoms with Crippen molar-refractivity contribution in [3.63, 3.8) is 0 Å². The number of rotatable bonds is 5. The van der Waals surface area contributed by atoms with Crippen molar-refractivity contribution in [3.8, 4) is 0 Å². The molecule has 1 aliphatic rings. The van der Waals surface area contributed by atoms with Crippen molar-refractivity contribution in [2.45, 2.75) is 43.3 Å². The molecule has 0 spiro atoms. The average Bonchev–Trinajstić information content (AvgIpc) is 2.72. The molecule has 1 heterocycles. The third-order valence-corrected chi connectivity index (χ3v) is 4.08. The Labute approximate surface area is 101 Å². The molecule has 1 fully saturated rings. The number of nitrogens with one attached hydrogen (secondary N) is 1. The van der Waals surface area contributed by atoms with E-state index in [0.717, 1.165) is 23.5 Å². The van der Waals surface area contributed by atoms with Crippen LogP contribution in [-0.2, 0) is 7.05 Å². The van der Waals surface area contributed by atoms with E-state index in [1.165, 1.54) is 32.1 Å². The molecule has 1 N–H and O–H groups in total. The fourth-order valence-corrected chi connectivity index (χ4v) is 2.89. The molecule has 0 atom stereocenters. The number of hydrogen-bond donors (Lipinski definition) is 1. The Morgan fingerprint density at radius 3 is 2.94 bits per heavy atom. The van der Waals surface area contributed by atoms with E-state index in [4.69, 9.17) is 0 Å². The highest BCUT2D eigenvalue weighted by Gasteiger charge is 2.11. The maximum Gasteiger partial charge on any atom is 0.185 e. The van der Waals surface area contributed by atoms with Gasteiger partial charge in [0.2, 0.25) is 0 Å². The summed E-state index contributed by atoms with van der Waals surface area (Å²) in [7, 11) is 1.93. The molecular formula is C11H20N4S. The Balaban J connectivity index is 1.59. The van der Waals surface area contributed by atoms with Crippen LogP contribution in [0.3, 0.4) is 0 Å². The van der Waals surface area contributed by atoms with E-state index in [2.05, 4.69) is 15.4 Å². The minimum atomic E-state index is 0.758. The molecule has 0 unspecified atom stereocenters. The van der Waals surface area contributed by atoms with E-state index in [9.17, 15) is 0 Å². The average molecular weight is 240 g/mol. The lowest BCUT2D eigenvalue weighted by Crippen LogP contribution is -2.32. The Morgan fingerprint density at radius 1 is 1.44 bits per heavy atom. The van der Waals surface area contributed by atoms with E-state index < -0.39 is 0 Å². The predicted molar refractivity (Wildman–Crippen MR) is 66.6 cm³/mol. The lowest BCUT2D eigenvalue weighted by Gasteiger charge is -2.22. The van der Waals surface area contributed by atoms with Crippen LogP contribution in [0.5, 0.6) is 0 Å². The highest BCUT2D eigenvalue weighted by molar-refractivity contribution is 7.99. The highest BCUT2D eigenvalue weighted by Crippen LogP contribution is 2.17. The van der Waals surface area contributed by atoms with Crippen molar-refractivity contribution in [1.82, 2.24) is 20.1 Å². The highest BCUT2D eigenvalue weighted by atomic mass is 32.2. The van der Waals surface area contributed by atoms with Crippen LogP contribution in [-0.4, -0.2) is 33.1 Å². The van der Waals surface area contributed by atoms with Gasteiger partial charge in [0.15, 0.2) is 5.16 Å². The fourth-order valence-electron chi connectivity index (χ4n) is 2.13. The predicted octanol–water partition coefficient (Wildman–Crippen LogP) is 1.83. The number of aromatic nitrogens is 3. The van der Waals surface area contributed by atoms with Gasteiger partial charge in [-0.15, -0.1) is 0 Å². The van der Waals surface area contributed by atoms with E-state index in [1.807, 2.05) is 11.7 Å². The van der Waals surface area contributed by atoms with Gasteiger partial charge < -0.3 is 5.32 Å². The maximum absolute atomic E-state index is 4.19. The monoisotopic (exact) mass is 240 g/mol. The summed E-state index contributed by atoms with van der Waals surface area (Å²) in [6, 6.07) is 0.758. The molecule has 0 bridgehead atoms. The molecule has 1 aliphatic carbocycles. The molecule has 1 aromatic rings. The molecule has 0 amide bonds. The summed E-state index contributed by atoms with van der Waals surface area (Å²) >= 11 is 1.77. The largest absolute Gasteiger partial charge is 0.313 e. The molecule has 1 saturated carbocycles. The van der Waals surface area contributed by atoms with E-state index >= 15 is 0 Å². The smallest absolute Gasteiger partial charge is 0.185 e. The lowest BCUT2D eigenvalue weighted by molar-refractivity contribution is 0.381. The third-order valence-electron chi connectivity index (χ3n) is 3.04. The molecular weight excluding hydrogens is 220 g/mol. The number of thioether (sulfide) groups is 1. The van der Waals surface area contributed by atoms with Crippen LogP contribution in [0.15, 0.2) is 11.5 Å². The summed E-state index contributed by atoms with van der Waals surface area (Å²) in [5.74, 6) is 1.07. The van der Waals surface area contributed by atoms with Crippen molar-refractivity contribution in [2.75, 3.05) is 12.3 Å². The molecule has 2 rings (SSSR count). The van der Waals surface area contributed by atoms with Gasteiger partial charge in [-0.1, -0.05) is 31.0 Å². The number of aryl methyl sites for hydroxylation is 1. The van der Waals surface area contributed by atoms with Crippen LogP contribution in [0.4, 0.5) is 0 Å². The quantitative estimate of drug-likeness (QED) is 0.630. The summed E-state index contributed by atoms with van der Waals surface area (Å²) in [6.45, 7) is 1.07. The van der Waals surface area contributed by atoms with Gasteiger partial charge >= 0.3 is 0 Å². The normalized spacial score (nSPS) is 17.8. The van der Waals surface area contributed by atoms with Gasteiger partial charge in [0, 0.05) is 25.4 Å². The minimum absolute atomic E-state index is 0.758. The van der Waals surface area contributed by atoms with Crippen molar-refractivity contribution >= 4 is 11.8 Å². The first-order valence-corrected chi connectivity index (χ1v) is 7.05. The Kier molecular flexibility index (Phi) is 4.66. The Hall–Kier alpha value is -0.550. The summed E-state index contributed by atoms with van der Waals surface area (Å²) < 4.78 is 1.82. The first-order valence-electron chi connectivity index (χ1n) is 6.06. The summed E-state index contributed by atoms with van der Waals surface area (Å²) in [5, 5.41) is 8.68. The first-order chi connectivity index (χ1) is 7.86. The molecule has 0 aromatic carbocycles. The number of nitrogens with zero attached hydrogens (tertiary/aromatic N) is 3. The zero-order chi connectivity index (χ0) is 11.2. The summed E-state index contributed by atoms with van der Waals surface area (Å²) in [5.41, 5.74) is 0. The van der Waals surface area contributed by atoms with Gasteiger partial charge in [-0.25, -0.2) is 9.67 Å². The second-order valence-corrected chi connectivity index (χ2v) is 5.37. The Bertz CT molecular complexity index is 307. The van der Waals surface area contributed by atoms with E-state index in [0.29, 0.717) is 0 Å². The van der Waals surface area contributed by atoms with E-state index in [-0.39, 0.29) is 0 Å². The van der Waals surface area contributed by atoms with Crippen molar-refractivity contribution in [2.24, 2.45) is 7.05 Å². The molecule has 0 saturated heterocycles. The van der Waals surface area contributed by atoms with Crippen molar-refractivity contribution in [1.29, 1.82) is 0 Å². The van der Waals surface area contributed by atoms with Crippen LogP contribution in [0.1, 0.15) is 32.1 Å². The second kappa shape index (κ2) is 6.25. The van der Waals surface area contributed by atoms with Gasteiger partial charge in [-0.2, -0.15) is 5.10 Å². The fraction of sp³-hybridized carbons (Fsp3) is 0.818. The zero-order valence-electron chi connectivity index (χ0n) is 9.85. The lowest BCUT2D eigenvalue weighted by atomic mass is 9.96. The third kappa shape index (κ3) is 3.49. The van der Waals surface area contributed by atoms with Crippen LogP contribution in [0, 0.1) is 0 Å². The maximum atomic E-state index is 4.19. The van der Waals surface area contributed by atoms with Crippen LogP contribution < -0.4 is 5.32 Å². The molecule has 5 heteroatoms. The van der Waals surface area contributed by atoms with Crippen molar-refractivity contribution < 1.29 is 0 Å². The molecule has 16 heavy (non-hydrogen) atoms.